The van der Waals surface area contributed by atoms with Gasteiger partial charge in [-0.15, -0.1) is 0 Å². The van der Waals surface area contributed by atoms with Crippen molar-refractivity contribution in [1.82, 2.24) is 4.90 Å². The Morgan fingerprint density at radius 2 is 1.44 bits per heavy atom. The number of hydrogen-bond acceptors (Lipinski definition) is 1. The Morgan fingerprint density at radius 1 is 0.944 bits per heavy atom. The maximum absolute atomic E-state index is 11.6. The van der Waals surface area contributed by atoms with Gasteiger partial charge < -0.3 is 4.90 Å². The summed E-state index contributed by atoms with van der Waals surface area (Å²) in [5.74, 6) is 0.289. The molecule has 0 rings (SSSR count). The molecule has 0 saturated heterocycles. The second-order valence-electron chi connectivity index (χ2n) is 5.08. The lowest BCUT2D eigenvalue weighted by Gasteiger charge is -2.15. The number of amides is 1. The summed E-state index contributed by atoms with van der Waals surface area (Å²) in [5.41, 5.74) is 0. The predicted octanol–water partition coefficient (Wildman–Crippen LogP) is 4.76. The number of halogens is 1. The average molecular weight is 320 g/mol. The van der Waals surface area contributed by atoms with Gasteiger partial charge in [0.1, 0.15) is 0 Å². The summed E-state index contributed by atoms with van der Waals surface area (Å²) in [6.07, 6.45) is 12.5. The third kappa shape index (κ3) is 11.1. The van der Waals surface area contributed by atoms with Crippen molar-refractivity contribution in [2.24, 2.45) is 0 Å². The highest BCUT2D eigenvalue weighted by atomic mass is 79.9. The van der Waals surface area contributed by atoms with Crippen molar-refractivity contribution in [3.8, 4) is 0 Å². The summed E-state index contributed by atoms with van der Waals surface area (Å²) in [7, 11) is 1.89. The van der Waals surface area contributed by atoms with Crippen LogP contribution in [0.25, 0.3) is 0 Å². The number of hydrogen-bond donors (Lipinski definition) is 0. The number of carbonyl (C=O) groups excluding carboxylic acids is 1. The molecule has 0 radical (unpaired) electrons. The SMILES string of the molecule is CCCCCCCCCCCC(=O)N(C)CCBr. The molecule has 0 aromatic carbocycles. The molecule has 0 saturated carbocycles. The topological polar surface area (TPSA) is 20.3 Å². The first kappa shape index (κ1) is 17.9. The van der Waals surface area contributed by atoms with Crippen molar-refractivity contribution in [1.29, 1.82) is 0 Å². The molecule has 0 bridgehead atoms. The molecule has 0 aliphatic rings. The molecule has 0 fully saturated rings. The van der Waals surface area contributed by atoms with E-state index in [1.165, 1.54) is 51.4 Å². The van der Waals surface area contributed by atoms with Crippen LogP contribution in [0.2, 0.25) is 0 Å². The van der Waals surface area contributed by atoms with E-state index < -0.39 is 0 Å². The van der Waals surface area contributed by atoms with Gasteiger partial charge in [0.25, 0.3) is 0 Å². The Bertz CT molecular complexity index is 197. The molecule has 108 valence electrons. The Morgan fingerprint density at radius 3 is 1.94 bits per heavy atom. The zero-order chi connectivity index (χ0) is 13.6. The lowest BCUT2D eigenvalue weighted by Crippen LogP contribution is -2.28. The van der Waals surface area contributed by atoms with Gasteiger partial charge in [-0.1, -0.05) is 74.2 Å². The third-order valence-electron chi connectivity index (χ3n) is 3.34. The Kier molecular flexibility index (Phi) is 13.3. The van der Waals surface area contributed by atoms with E-state index in [0.717, 1.165) is 24.7 Å². The highest BCUT2D eigenvalue weighted by molar-refractivity contribution is 9.09. The van der Waals surface area contributed by atoms with E-state index in [1.54, 1.807) is 0 Å². The van der Waals surface area contributed by atoms with Gasteiger partial charge in [-0.25, -0.2) is 0 Å². The van der Waals surface area contributed by atoms with Crippen LogP contribution in [0.5, 0.6) is 0 Å². The van der Waals surface area contributed by atoms with Crippen LogP contribution in [0.15, 0.2) is 0 Å². The van der Waals surface area contributed by atoms with Gasteiger partial charge >= 0.3 is 0 Å². The molecule has 0 aromatic rings. The van der Waals surface area contributed by atoms with E-state index in [0.29, 0.717) is 0 Å². The number of alkyl halides is 1. The maximum atomic E-state index is 11.6. The molecule has 0 N–H and O–H groups in total. The largest absolute Gasteiger partial charge is 0.345 e. The molecule has 0 aliphatic heterocycles. The summed E-state index contributed by atoms with van der Waals surface area (Å²) in [6, 6.07) is 0. The van der Waals surface area contributed by atoms with E-state index in [1.807, 2.05) is 11.9 Å². The molecule has 0 spiro atoms. The molecule has 0 aromatic heterocycles. The molecular weight excluding hydrogens is 290 g/mol. The normalized spacial score (nSPS) is 10.6. The van der Waals surface area contributed by atoms with Gasteiger partial charge in [-0.05, 0) is 6.42 Å². The van der Waals surface area contributed by atoms with Gasteiger partial charge in [-0.3, -0.25) is 4.79 Å². The number of nitrogens with zero attached hydrogens (tertiary/aromatic N) is 1. The summed E-state index contributed by atoms with van der Waals surface area (Å²) in [5, 5.41) is 0.868. The first-order chi connectivity index (χ1) is 8.72. The minimum absolute atomic E-state index is 0.289. The first-order valence-corrected chi connectivity index (χ1v) is 8.64. The standard InChI is InChI=1S/C15H30BrNO/c1-3-4-5-6-7-8-9-10-11-12-15(18)17(2)14-13-16/h3-14H2,1-2H3. The summed E-state index contributed by atoms with van der Waals surface area (Å²) in [6.45, 7) is 3.07. The van der Waals surface area contributed by atoms with Crippen molar-refractivity contribution in [2.45, 2.75) is 71.1 Å². The lowest BCUT2D eigenvalue weighted by molar-refractivity contribution is -0.129. The van der Waals surface area contributed by atoms with Crippen LogP contribution in [-0.2, 0) is 4.79 Å². The second-order valence-corrected chi connectivity index (χ2v) is 5.88. The molecule has 3 heteroatoms. The van der Waals surface area contributed by atoms with Crippen LogP contribution in [0.3, 0.4) is 0 Å². The van der Waals surface area contributed by atoms with Crippen LogP contribution in [-0.4, -0.2) is 29.7 Å². The highest BCUT2D eigenvalue weighted by Gasteiger charge is 2.06. The Labute approximate surface area is 122 Å². The number of carbonyl (C=O) groups is 1. The van der Waals surface area contributed by atoms with E-state index in [4.69, 9.17) is 0 Å². The third-order valence-corrected chi connectivity index (χ3v) is 3.69. The van der Waals surface area contributed by atoms with Crippen molar-refractivity contribution in [2.75, 3.05) is 18.9 Å². The van der Waals surface area contributed by atoms with Gasteiger partial charge in [0.05, 0.1) is 0 Å². The smallest absolute Gasteiger partial charge is 0.222 e. The van der Waals surface area contributed by atoms with Gasteiger partial charge in [0.2, 0.25) is 5.91 Å². The van der Waals surface area contributed by atoms with E-state index in [9.17, 15) is 4.79 Å². The van der Waals surface area contributed by atoms with Gasteiger partial charge in [0, 0.05) is 25.3 Å². The van der Waals surface area contributed by atoms with E-state index >= 15 is 0 Å². The molecule has 0 atom stereocenters. The maximum Gasteiger partial charge on any atom is 0.222 e. The molecule has 18 heavy (non-hydrogen) atoms. The highest BCUT2D eigenvalue weighted by Crippen LogP contribution is 2.10. The lowest BCUT2D eigenvalue weighted by atomic mass is 10.1. The van der Waals surface area contributed by atoms with E-state index in [2.05, 4.69) is 22.9 Å². The first-order valence-electron chi connectivity index (χ1n) is 7.52. The van der Waals surface area contributed by atoms with Crippen molar-refractivity contribution < 1.29 is 4.79 Å². The Balaban J connectivity index is 3.22. The average Bonchev–Trinajstić information content (AvgIpc) is 2.36. The van der Waals surface area contributed by atoms with Crippen LogP contribution in [0.1, 0.15) is 71.1 Å². The molecule has 2 nitrogen and oxygen atoms in total. The molecule has 0 heterocycles. The minimum Gasteiger partial charge on any atom is -0.345 e. The van der Waals surface area contributed by atoms with Gasteiger partial charge in [-0.2, -0.15) is 0 Å². The molecular formula is C15H30BrNO. The molecule has 0 aliphatic carbocycles. The monoisotopic (exact) mass is 319 g/mol. The zero-order valence-electron chi connectivity index (χ0n) is 12.2. The van der Waals surface area contributed by atoms with Crippen LogP contribution in [0, 0.1) is 0 Å². The van der Waals surface area contributed by atoms with Crippen molar-refractivity contribution in [3.05, 3.63) is 0 Å². The second kappa shape index (κ2) is 13.4. The zero-order valence-corrected chi connectivity index (χ0v) is 13.8. The number of unbranched alkanes of at least 4 members (excludes halogenated alkanes) is 8. The number of rotatable bonds is 12. The predicted molar refractivity (Wildman–Crippen MR) is 83.3 cm³/mol. The van der Waals surface area contributed by atoms with Crippen LogP contribution < -0.4 is 0 Å². The Hall–Kier alpha value is -0.0500. The van der Waals surface area contributed by atoms with Crippen LogP contribution in [0.4, 0.5) is 0 Å². The summed E-state index contributed by atoms with van der Waals surface area (Å²) in [4.78, 5) is 13.5. The fourth-order valence-electron chi connectivity index (χ4n) is 2.03. The fraction of sp³-hybridized carbons (Fsp3) is 0.933. The fourth-order valence-corrected chi connectivity index (χ4v) is 2.56. The molecule has 1 amide bonds. The van der Waals surface area contributed by atoms with Gasteiger partial charge in [0.15, 0.2) is 0 Å². The van der Waals surface area contributed by atoms with Crippen molar-refractivity contribution in [3.63, 3.8) is 0 Å². The molecule has 0 unspecified atom stereocenters. The summed E-state index contributed by atoms with van der Waals surface area (Å²) < 4.78 is 0. The summed E-state index contributed by atoms with van der Waals surface area (Å²) >= 11 is 3.35. The van der Waals surface area contributed by atoms with Crippen LogP contribution >= 0.6 is 15.9 Å². The van der Waals surface area contributed by atoms with E-state index in [-0.39, 0.29) is 5.91 Å². The quantitative estimate of drug-likeness (QED) is 0.375. The minimum atomic E-state index is 0.289. The van der Waals surface area contributed by atoms with Crippen molar-refractivity contribution >= 4 is 21.8 Å².